The predicted octanol–water partition coefficient (Wildman–Crippen LogP) is 3.53. The van der Waals surface area contributed by atoms with Gasteiger partial charge in [0.1, 0.15) is 9.96 Å². The number of hydrogen-bond donors (Lipinski definition) is 1. The van der Waals surface area contributed by atoms with Crippen molar-refractivity contribution < 1.29 is 17.9 Å². The predicted molar refractivity (Wildman–Crippen MR) is 115 cm³/mol. The minimum atomic E-state index is -3.48. The summed E-state index contributed by atoms with van der Waals surface area (Å²) in [5.74, 6) is 1.00. The highest BCUT2D eigenvalue weighted by molar-refractivity contribution is 7.91. The molecule has 2 aromatic rings. The van der Waals surface area contributed by atoms with Crippen LogP contribution in [0.5, 0.6) is 5.75 Å². The van der Waals surface area contributed by atoms with Crippen LogP contribution in [0.1, 0.15) is 43.7 Å². The molecular formula is C21H28N2O4S2. The average Bonchev–Trinajstić information content (AvgIpc) is 3.22. The zero-order valence-corrected chi connectivity index (χ0v) is 18.7. The molecule has 0 spiro atoms. The Labute approximate surface area is 176 Å². The number of nitrogens with zero attached hydrogens (tertiary/aromatic N) is 1. The highest BCUT2D eigenvalue weighted by atomic mass is 32.2. The molecule has 0 bridgehead atoms. The third kappa shape index (κ3) is 5.58. The minimum Gasteiger partial charge on any atom is -0.483 e. The van der Waals surface area contributed by atoms with Crippen molar-refractivity contribution in [2.24, 2.45) is 0 Å². The summed E-state index contributed by atoms with van der Waals surface area (Å²) in [6.45, 7) is 7.23. The standard InChI is InChI=1S/C21H28N2O4S2/c1-15(2)18-7-6-16(3)13-19(18)27-14-20(24)23-10-8-17(9-11-23)22-29(25,26)21-5-4-12-28-21/h4-7,12-13,15,17,22H,8-11,14H2,1-3H3. The minimum absolute atomic E-state index is 0.00520. The molecule has 0 radical (unpaired) electrons. The van der Waals surface area contributed by atoms with E-state index in [4.69, 9.17) is 4.74 Å². The van der Waals surface area contributed by atoms with Gasteiger partial charge in [0.25, 0.3) is 5.91 Å². The Morgan fingerprint density at radius 2 is 2.00 bits per heavy atom. The lowest BCUT2D eigenvalue weighted by Crippen LogP contribution is -2.47. The van der Waals surface area contributed by atoms with Crippen LogP contribution in [0.3, 0.4) is 0 Å². The molecule has 1 aliphatic rings. The molecule has 8 heteroatoms. The van der Waals surface area contributed by atoms with Crippen LogP contribution in [0.15, 0.2) is 39.9 Å². The number of amides is 1. The Kier molecular flexibility index (Phi) is 6.97. The molecule has 1 aliphatic heterocycles. The number of likely N-dealkylation sites (tertiary alicyclic amines) is 1. The van der Waals surface area contributed by atoms with E-state index in [1.54, 1.807) is 22.4 Å². The largest absolute Gasteiger partial charge is 0.483 e. The number of carbonyl (C=O) groups is 1. The molecule has 0 aliphatic carbocycles. The fourth-order valence-electron chi connectivity index (χ4n) is 3.41. The van der Waals surface area contributed by atoms with E-state index in [-0.39, 0.29) is 18.6 Å². The fourth-order valence-corrected chi connectivity index (χ4v) is 5.73. The van der Waals surface area contributed by atoms with Gasteiger partial charge in [-0.25, -0.2) is 13.1 Å². The number of rotatable bonds is 7. The third-order valence-corrected chi connectivity index (χ3v) is 7.99. The second kappa shape index (κ2) is 9.28. The molecule has 1 amide bonds. The highest BCUT2D eigenvalue weighted by Crippen LogP contribution is 2.27. The summed E-state index contributed by atoms with van der Waals surface area (Å²) in [4.78, 5) is 14.3. The van der Waals surface area contributed by atoms with Crippen molar-refractivity contribution in [3.05, 3.63) is 46.8 Å². The number of thiophene rings is 1. The maximum atomic E-state index is 12.6. The first kappa shape index (κ1) is 21.8. The van der Waals surface area contributed by atoms with Gasteiger partial charge in [0.15, 0.2) is 6.61 Å². The topological polar surface area (TPSA) is 75.7 Å². The number of carbonyl (C=O) groups excluding carboxylic acids is 1. The first-order valence-corrected chi connectivity index (χ1v) is 12.2. The molecule has 1 saturated heterocycles. The van der Waals surface area contributed by atoms with Gasteiger partial charge >= 0.3 is 0 Å². The fraction of sp³-hybridized carbons (Fsp3) is 0.476. The number of benzene rings is 1. The Hall–Kier alpha value is -1.90. The van der Waals surface area contributed by atoms with Crippen LogP contribution in [-0.2, 0) is 14.8 Å². The molecule has 1 aromatic heterocycles. The summed E-state index contributed by atoms with van der Waals surface area (Å²) in [6.07, 6.45) is 1.19. The number of aryl methyl sites for hydroxylation is 1. The van der Waals surface area contributed by atoms with E-state index >= 15 is 0 Å². The summed E-state index contributed by atoms with van der Waals surface area (Å²) in [5.41, 5.74) is 2.18. The van der Waals surface area contributed by atoms with Gasteiger partial charge in [0.2, 0.25) is 10.0 Å². The first-order chi connectivity index (χ1) is 13.8. The van der Waals surface area contributed by atoms with Crippen molar-refractivity contribution in [1.82, 2.24) is 9.62 Å². The smallest absolute Gasteiger partial charge is 0.260 e. The van der Waals surface area contributed by atoms with Crippen molar-refractivity contribution >= 4 is 27.3 Å². The van der Waals surface area contributed by atoms with Crippen molar-refractivity contribution in [2.45, 2.75) is 49.8 Å². The van der Waals surface area contributed by atoms with Crippen LogP contribution < -0.4 is 9.46 Å². The average molecular weight is 437 g/mol. The number of hydrogen-bond acceptors (Lipinski definition) is 5. The van der Waals surface area contributed by atoms with E-state index in [9.17, 15) is 13.2 Å². The molecule has 0 saturated carbocycles. The maximum Gasteiger partial charge on any atom is 0.260 e. The van der Waals surface area contributed by atoms with E-state index in [2.05, 4.69) is 18.6 Å². The number of ether oxygens (including phenoxy) is 1. The van der Waals surface area contributed by atoms with Gasteiger partial charge < -0.3 is 9.64 Å². The van der Waals surface area contributed by atoms with E-state index in [0.717, 1.165) is 16.9 Å². The Morgan fingerprint density at radius 3 is 2.62 bits per heavy atom. The molecule has 3 rings (SSSR count). The SMILES string of the molecule is Cc1ccc(C(C)C)c(OCC(=O)N2CCC(NS(=O)(=O)c3cccs3)CC2)c1. The number of piperidine rings is 1. The van der Waals surface area contributed by atoms with Gasteiger partial charge in [0, 0.05) is 19.1 Å². The quantitative estimate of drug-likeness (QED) is 0.720. The van der Waals surface area contributed by atoms with E-state index in [1.165, 1.54) is 11.3 Å². The van der Waals surface area contributed by atoms with E-state index in [1.807, 2.05) is 25.1 Å². The molecule has 6 nitrogen and oxygen atoms in total. The Morgan fingerprint density at radius 1 is 1.28 bits per heavy atom. The second-order valence-corrected chi connectivity index (χ2v) is 10.6. The second-order valence-electron chi connectivity index (χ2n) is 7.69. The molecule has 2 heterocycles. The van der Waals surface area contributed by atoms with Crippen LogP contribution in [-0.4, -0.2) is 45.0 Å². The van der Waals surface area contributed by atoms with Crippen LogP contribution in [0.4, 0.5) is 0 Å². The molecule has 0 unspecified atom stereocenters. The van der Waals surface area contributed by atoms with Crippen molar-refractivity contribution in [1.29, 1.82) is 0 Å². The molecule has 0 atom stereocenters. The highest BCUT2D eigenvalue weighted by Gasteiger charge is 2.27. The number of sulfonamides is 1. The zero-order valence-electron chi connectivity index (χ0n) is 17.1. The summed E-state index contributed by atoms with van der Waals surface area (Å²) in [6, 6.07) is 9.22. The lowest BCUT2D eigenvalue weighted by Gasteiger charge is -2.32. The third-order valence-electron chi connectivity index (χ3n) is 5.07. The summed E-state index contributed by atoms with van der Waals surface area (Å²) in [5, 5.41) is 1.74. The van der Waals surface area contributed by atoms with Crippen LogP contribution in [0, 0.1) is 6.92 Å². The van der Waals surface area contributed by atoms with Gasteiger partial charge in [-0.2, -0.15) is 0 Å². The van der Waals surface area contributed by atoms with Gasteiger partial charge in [-0.3, -0.25) is 4.79 Å². The van der Waals surface area contributed by atoms with Crippen molar-refractivity contribution in [2.75, 3.05) is 19.7 Å². The van der Waals surface area contributed by atoms with E-state index < -0.39 is 10.0 Å². The lowest BCUT2D eigenvalue weighted by atomic mass is 10.0. The van der Waals surface area contributed by atoms with Crippen molar-refractivity contribution in [3.8, 4) is 5.75 Å². The zero-order chi connectivity index (χ0) is 21.0. The molecule has 29 heavy (non-hydrogen) atoms. The lowest BCUT2D eigenvalue weighted by molar-refractivity contribution is -0.134. The van der Waals surface area contributed by atoms with E-state index in [0.29, 0.717) is 36.1 Å². The monoisotopic (exact) mass is 436 g/mol. The normalized spacial score (nSPS) is 15.7. The molecular weight excluding hydrogens is 408 g/mol. The van der Waals surface area contributed by atoms with Gasteiger partial charge in [-0.15, -0.1) is 11.3 Å². The Balaban J connectivity index is 1.51. The van der Waals surface area contributed by atoms with Gasteiger partial charge in [-0.05, 0) is 54.3 Å². The molecule has 1 fully saturated rings. The van der Waals surface area contributed by atoms with Crippen LogP contribution in [0.2, 0.25) is 0 Å². The molecule has 158 valence electrons. The molecule has 1 N–H and O–H groups in total. The summed E-state index contributed by atoms with van der Waals surface area (Å²) in [7, 11) is -3.48. The summed E-state index contributed by atoms with van der Waals surface area (Å²) < 4.78 is 33.6. The summed E-state index contributed by atoms with van der Waals surface area (Å²) >= 11 is 1.20. The maximum absolute atomic E-state index is 12.6. The van der Waals surface area contributed by atoms with Crippen LogP contribution >= 0.6 is 11.3 Å². The molecule has 1 aromatic carbocycles. The van der Waals surface area contributed by atoms with Gasteiger partial charge in [0.05, 0.1) is 0 Å². The van der Waals surface area contributed by atoms with Crippen molar-refractivity contribution in [3.63, 3.8) is 0 Å². The van der Waals surface area contributed by atoms with Gasteiger partial charge in [-0.1, -0.05) is 32.0 Å². The Bertz CT molecular complexity index is 932. The first-order valence-electron chi connectivity index (χ1n) is 9.83. The van der Waals surface area contributed by atoms with Crippen LogP contribution in [0.25, 0.3) is 0 Å². The number of nitrogens with one attached hydrogen (secondary N) is 1.